The molecule has 1 rings (SSSR count). The fourth-order valence-electron chi connectivity index (χ4n) is 1.33. The number of allylic oxidation sites excluding steroid dienone is 6. The Labute approximate surface area is 75.7 Å². The minimum atomic E-state index is 1.09. The first-order valence-corrected chi connectivity index (χ1v) is 4.97. The maximum atomic E-state index is 2.30. The molecular formula is C12H18. The highest BCUT2D eigenvalue weighted by Gasteiger charge is 1.85. The van der Waals surface area contributed by atoms with Gasteiger partial charge in [0.05, 0.1) is 0 Å². The molecule has 0 N–H and O–H groups in total. The summed E-state index contributed by atoms with van der Waals surface area (Å²) in [6, 6.07) is 0. The molecule has 0 radical (unpaired) electrons. The van der Waals surface area contributed by atoms with Gasteiger partial charge < -0.3 is 0 Å². The van der Waals surface area contributed by atoms with Crippen molar-refractivity contribution >= 4 is 0 Å². The molecule has 0 amide bonds. The maximum absolute atomic E-state index is 2.30. The molecule has 66 valence electrons. The molecule has 0 fully saturated rings. The Hall–Kier alpha value is -0.780. The fraction of sp³-hybridized carbons (Fsp3) is 0.500. The Morgan fingerprint density at radius 3 is 2.25 bits per heavy atom. The van der Waals surface area contributed by atoms with E-state index in [-0.39, 0.29) is 0 Å². The first-order chi connectivity index (χ1) is 6.00. The van der Waals surface area contributed by atoms with Gasteiger partial charge in [-0.2, -0.15) is 0 Å². The van der Waals surface area contributed by atoms with E-state index >= 15 is 0 Å². The van der Waals surface area contributed by atoms with Crippen LogP contribution < -0.4 is 0 Å². The Kier molecular flexibility index (Phi) is 5.35. The van der Waals surface area contributed by atoms with E-state index in [1.165, 1.54) is 32.1 Å². The van der Waals surface area contributed by atoms with Crippen molar-refractivity contribution in [3.8, 4) is 0 Å². The molecule has 0 aromatic carbocycles. The zero-order valence-electron chi connectivity index (χ0n) is 7.71. The van der Waals surface area contributed by atoms with Crippen LogP contribution in [0.15, 0.2) is 36.5 Å². The molecule has 0 aromatic rings. The van der Waals surface area contributed by atoms with Gasteiger partial charge in [0.25, 0.3) is 0 Å². The molecule has 0 unspecified atom stereocenters. The molecule has 0 saturated heterocycles. The van der Waals surface area contributed by atoms with Crippen LogP contribution in [0.2, 0.25) is 0 Å². The Balaban J connectivity index is 2.31. The Bertz CT molecular complexity index is 172. The second-order valence-electron chi connectivity index (χ2n) is 3.20. The highest BCUT2D eigenvalue weighted by Crippen LogP contribution is 2.05. The molecule has 0 bridgehead atoms. The van der Waals surface area contributed by atoms with Crippen molar-refractivity contribution in [3.63, 3.8) is 0 Å². The van der Waals surface area contributed by atoms with E-state index < -0.39 is 0 Å². The molecule has 0 aromatic heterocycles. The number of hydrogen-bond acceptors (Lipinski definition) is 0. The van der Waals surface area contributed by atoms with Crippen molar-refractivity contribution in [2.75, 3.05) is 0 Å². The molecule has 0 nitrogen and oxygen atoms in total. The third-order valence-electron chi connectivity index (χ3n) is 2.06. The summed E-state index contributed by atoms with van der Waals surface area (Å²) >= 11 is 0. The zero-order chi connectivity index (χ0) is 8.49. The average Bonchev–Trinajstić information content (AvgIpc) is 2.05. The van der Waals surface area contributed by atoms with Crippen LogP contribution in [-0.4, -0.2) is 0 Å². The van der Waals surface area contributed by atoms with Gasteiger partial charge in [-0.05, 0) is 32.1 Å². The van der Waals surface area contributed by atoms with Crippen molar-refractivity contribution in [2.45, 2.75) is 38.5 Å². The SMILES string of the molecule is C1=CCCCCC/C=C/C=C\C1. The van der Waals surface area contributed by atoms with Gasteiger partial charge in [0, 0.05) is 0 Å². The van der Waals surface area contributed by atoms with E-state index in [9.17, 15) is 0 Å². The van der Waals surface area contributed by atoms with Crippen LogP contribution >= 0.6 is 0 Å². The molecule has 0 heterocycles. The molecule has 12 heavy (non-hydrogen) atoms. The number of hydrogen-bond donors (Lipinski definition) is 0. The van der Waals surface area contributed by atoms with Crippen LogP contribution in [0.5, 0.6) is 0 Å². The van der Waals surface area contributed by atoms with Crippen LogP contribution in [0, 0.1) is 0 Å². The van der Waals surface area contributed by atoms with Gasteiger partial charge in [-0.25, -0.2) is 0 Å². The van der Waals surface area contributed by atoms with Crippen LogP contribution in [0.25, 0.3) is 0 Å². The largest absolute Gasteiger partial charge is 0.0882 e. The highest BCUT2D eigenvalue weighted by molar-refractivity contribution is 5.05. The Morgan fingerprint density at radius 2 is 1.33 bits per heavy atom. The summed E-state index contributed by atoms with van der Waals surface area (Å²) in [4.78, 5) is 0. The van der Waals surface area contributed by atoms with Crippen LogP contribution in [0.3, 0.4) is 0 Å². The van der Waals surface area contributed by atoms with Crippen LogP contribution in [0.1, 0.15) is 38.5 Å². The summed E-state index contributed by atoms with van der Waals surface area (Å²) in [6.45, 7) is 0. The van der Waals surface area contributed by atoms with E-state index in [0.29, 0.717) is 0 Å². The van der Waals surface area contributed by atoms with Crippen LogP contribution in [-0.2, 0) is 0 Å². The molecule has 1 aliphatic carbocycles. The lowest BCUT2D eigenvalue weighted by Crippen LogP contribution is -1.75. The lowest BCUT2D eigenvalue weighted by atomic mass is 10.1. The smallest absolute Gasteiger partial charge is 0.0166 e. The van der Waals surface area contributed by atoms with Gasteiger partial charge >= 0.3 is 0 Å². The highest BCUT2D eigenvalue weighted by atomic mass is 13.9. The minimum absolute atomic E-state index is 1.09. The van der Waals surface area contributed by atoms with Gasteiger partial charge in [-0.1, -0.05) is 42.9 Å². The predicted octanol–water partition coefficient (Wildman–Crippen LogP) is 4.01. The first kappa shape index (κ1) is 9.31. The summed E-state index contributed by atoms with van der Waals surface area (Å²) in [5.41, 5.74) is 0. The second-order valence-corrected chi connectivity index (χ2v) is 3.20. The van der Waals surface area contributed by atoms with Gasteiger partial charge in [-0.15, -0.1) is 0 Å². The Morgan fingerprint density at radius 1 is 0.583 bits per heavy atom. The molecule has 0 aliphatic heterocycles. The average molecular weight is 162 g/mol. The van der Waals surface area contributed by atoms with Gasteiger partial charge in [0.15, 0.2) is 0 Å². The van der Waals surface area contributed by atoms with Crippen molar-refractivity contribution in [1.29, 1.82) is 0 Å². The first-order valence-electron chi connectivity index (χ1n) is 4.97. The molecule has 0 saturated carbocycles. The minimum Gasteiger partial charge on any atom is -0.0882 e. The van der Waals surface area contributed by atoms with Gasteiger partial charge in [-0.3, -0.25) is 0 Å². The van der Waals surface area contributed by atoms with E-state index in [2.05, 4.69) is 36.5 Å². The predicted molar refractivity (Wildman–Crippen MR) is 55.1 cm³/mol. The van der Waals surface area contributed by atoms with E-state index in [1.54, 1.807) is 0 Å². The van der Waals surface area contributed by atoms with E-state index in [4.69, 9.17) is 0 Å². The fourth-order valence-corrected chi connectivity index (χ4v) is 1.33. The monoisotopic (exact) mass is 162 g/mol. The number of rotatable bonds is 0. The standard InChI is InChI=1S/C12H18/c1-2-4-6-8-10-12-11-9-7-5-3-1/h1-4,7,9H,5-6,8,10-12H2/b3-1-,4-2+,9-7?. The molecule has 0 atom stereocenters. The normalized spacial score (nSPS) is 25.3. The van der Waals surface area contributed by atoms with Crippen molar-refractivity contribution in [3.05, 3.63) is 36.5 Å². The lowest BCUT2D eigenvalue weighted by Gasteiger charge is -1.95. The van der Waals surface area contributed by atoms with Crippen molar-refractivity contribution < 1.29 is 0 Å². The summed E-state index contributed by atoms with van der Waals surface area (Å²) in [6.07, 6.45) is 21.0. The summed E-state index contributed by atoms with van der Waals surface area (Å²) in [7, 11) is 0. The molecule has 0 spiro atoms. The molecule has 1 aliphatic rings. The van der Waals surface area contributed by atoms with E-state index in [0.717, 1.165) is 6.42 Å². The zero-order valence-corrected chi connectivity index (χ0v) is 7.71. The van der Waals surface area contributed by atoms with Gasteiger partial charge in [0.2, 0.25) is 0 Å². The summed E-state index contributed by atoms with van der Waals surface area (Å²) in [5, 5.41) is 0. The third kappa shape index (κ3) is 4.95. The molecular weight excluding hydrogens is 144 g/mol. The van der Waals surface area contributed by atoms with E-state index in [1.807, 2.05) is 0 Å². The van der Waals surface area contributed by atoms with Gasteiger partial charge in [0.1, 0.15) is 0 Å². The maximum Gasteiger partial charge on any atom is -0.0166 e. The van der Waals surface area contributed by atoms with Crippen LogP contribution in [0.4, 0.5) is 0 Å². The summed E-state index contributed by atoms with van der Waals surface area (Å²) in [5.74, 6) is 0. The quantitative estimate of drug-likeness (QED) is 0.472. The second kappa shape index (κ2) is 6.90. The van der Waals surface area contributed by atoms with Crippen molar-refractivity contribution in [2.24, 2.45) is 0 Å². The summed E-state index contributed by atoms with van der Waals surface area (Å²) < 4.78 is 0. The lowest BCUT2D eigenvalue weighted by molar-refractivity contribution is 0.695. The van der Waals surface area contributed by atoms with Crippen molar-refractivity contribution in [1.82, 2.24) is 0 Å². The molecule has 0 heteroatoms. The third-order valence-corrected chi connectivity index (χ3v) is 2.06. The topological polar surface area (TPSA) is 0 Å².